The van der Waals surface area contributed by atoms with Crippen molar-refractivity contribution in [3.63, 3.8) is 0 Å². The van der Waals surface area contributed by atoms with Gasteiger partial charge >= 0.3 is 0 Å². The third-order valence-electron chi connectivity index (χ3n) is 6.78. The van der Waals surface area contributed by atoms with Gasteiger partial charge in [-0.05, 0) is 64.4 Å². The minimum atomic E-state index is 0.203. The molecule has 1 fully saturated rings. The zero-order valence-electron chi connectivity index (χ0n) is 18.8. The van der Waals surface area contributed by atoms with Gasteiger partial charge in [-0.25, -0.2) is 4.98 Å². The Labute approximate surface area is 191 Å². The molecule has 4 heterocycles. The number of carbonyl (C=O) groups is 1. The lowest BCUT2D eigenvalue weighted by Gasteiger charge is -2.39. The van der Waals surface area contributed by atoms with E-state index in [1.165, 1.54) is 46.9 Å². The van der Waals surface area contributed by atoms with Gasteiger partial charge in [-0.1, -0.05) is 25.6 Å². The molecule has 31 heavy (non-hydrogen) atoms. The van der Waals surface area contributed by atoms with Crippen molar-refractivity contribution in [3.05, 3.63) is 16.3 Å². The first kappa shape index (κ1) is 21.2. The van der Waals surface area contributed by atoms with Crippen molar-refractivity contribution in [2.75, 3.05) is 5.75 Å². The fraction of sp³-hybridized carbons (Fsp3) is 0.652. The van der Waals surface area contributed by atoms with Crippen molar-refractivity contribution in [3.8, 4) is 0 Å². The predicted octanol–water partition coefficient (Wildman–Crippen LogP) is 5.22. The third kappa shape index (κ3) is 3.65. The number of piperidine rings is 1. The summed E-state index contributed by atoms with van der Waals surface area (Å²) in [6, 6.07) is 0.633. The van der Waals surface area contributed by atoms with Gasteiger partial charge in [0.1, 0.15) is 10.7 Å². The van der Waals surface area contributed by atoms with Gasteiger partial charge in [-0.15, -0.1) is 21.5 Å². The number of aryl methyl sites for hydroxylation is 2. The second-order valence-corrected chi connectivity index (χ2v) is 11.4. The standard InChI is InChI=1S/C23H31N5OS2/c1-13(2)20-24-22-19(16-10-5-6-11-17(16)31-22)21-25-26-23(28(20)21)30-12-18(29)27-14(3)8-7-9-15(27)4/h13-15H,5-12H2,1-4H3/t14-,15-/m1/s1. The zero-order valence-corrected chi connectivity index (χ0v) is 20.5. The van der Waals surface area contributed by atoms with Crippen LogP contribution >= 0.6 is 23.1 Å². The molecule has 1 aliphatic heterocycles. The van der Waals surface area contributed by atoms with E-state index in [4.69, 9.17) is 4.98 Å². The van der Waals surface area contributed by atoms with Crippen LogP contribution in [0.15, 0.2) is 5.16 Å². The molecule has 0 aromatic carbocycles. The van der Waals surface area contributed by atoms with Gasteiger partial charge in [0.05, 0.1) is 11.1 Å². The molecule has 2 aliphatic rings. The first-order chi connectivity index (χ1) is 15.0. The van der Waals surface area contributed by atoms with Crippen LogP contribution in [0.5, 0.6) is 0 Å². The maximum absolute atomic E-state index is 13.1. The van der Waals surface area contributed by atoms with Crippen molar-refractivity contribution >= 4 is 44.9 Å². The Morgan fingerprint density at radius 3 is 2.61 bits per heavy atom. The molecule has 1 amide bonds. The quantitative estimate of drug-likeness (QED) is 0.503. The molecule has 0 spiro atoms. The van der Waals surface area contributed by atoms with E-state index in [0.29, 0.717) is 17.8 Å². The molecule has 6 nitrogen and oxygen atoms in total. The van der Waals surface area contributed by atoms with E-state index in [2.05, 4.69) is 47.2 Å². The summed E-state index contributed by atoms with van der Waals surface area (Å²) in [4.78, 5) is 22.8. The van der Waals surface area contributed by atoms with Crippen molar-refractivity contribution in [1.29, 1.82) is 0 Å². The van der Waals surface area contributed by atoms with Crippen LogP contribution in [-0.2, 0) is 17.6 Å². The number of hydrogen-bond acceptors (Lipinski definition) is 6. The minimum absolute atomic E-state index is 0.203. The summed E-state index contributed by atoms with van der Waals surface area (Å²) in [6.07, 6.45) is 8.14. The summed E-state index contributed by atoms with van der Waals surface area (Å²) < 4.78 is 2.12. The van der Waals surface area contributed by atoms with Gasteiger partial charge in [-0.3, -0.25) is 9.20 Å². The van der Waals surface area contributed by atoms with Crippen molar-refractivity contribution in [2.24, 2.45) is 0 Å². The van der Waals surface area contributed by atoms with Gasteiger partial charge < -0.3 is 4.90 Å². The largest absolute Gasteiger partial charge is 0.337 e. The van der Waals surface area contributed by atoms with Crippen LogP contribution in [0.25, 0.3) is 15.9 Å². The Kier molecular flexibility index (Phi) is 5.71. The number of fused-ring (bicyclic) bond motifs is 5. The molecule has 8 heteroatoms. The van der Waals surface area contributed by atoms with Crippen LogP contribution in [0.4, 0.5) is 0 Å². The van der Waals surface area contributed by atoms with E-state index < -0.39 is 0 Å². The lowest BCUT2D eigenvalue weighted by atomic mass is 9.97. The third-order valence-corrected chi connectivity index (χ3v) is 8.88. The maximum Gasteiger partial charge on any atom is 0.233 e. The highest BCUT2D eigenvalue weighted by Gasteiger charge is 2.30. The highest BCUT2D eigenvalue weighted by atomic mass is 32.2. The number of carbonyl (C=O) groups excluding carboxylic acids is 1. The molecule has 1 aliphatic carbocycles. The molecule has 0 N–H and O–H groups in total. The van der Waals surface area contributed by atoms with E-state index in [-0.39, 0.29) is 11.8 Å². The molecule has 0 unspecified atom stereocenters. The van der Waals surface area contributed by atoms with E-state index in [9.17, 15) is 4.79 Å². The van der Waals surface area contributed by atoms with E-state index >= 15 is 0 Å². The Morgan fingerprint density at radius 2 is 1.87 bits per heavy atom. The van der Waals surface area contributed by atoms with E-state index in [1.54, 1.807) is 0 Å². The number of nitrogens with zero attached hydrogens (tertiary/aromatic N) is 5. The van der Waals surface area contributed by atoms with Crippen LogP contribution < -0.4 is 0 Å². The van der Waals surface area contributed by atoms with Crippen LogP contribution in [0, 0.1) is 0 Å². The number of rotatable bonds is 4. The maximum atomic E-state index is 13.1. The van der Waals surface area contributed by atoms with Gasteiger partial charge in [0, 0.05) is 22.9 Å². The van der Waals surface area contributed by atoms with Crippen molar-refractivity contribution in [2.45, 2.75) is 95.8 Å². The fourth-order valence-electron chi connectivity index (χ4n) is 5.25. The minimum Gasteiger partial charge on any atom is -0.337 e. The number of hydrogen-bond donors (Lipinski definition) is 0. The normalized spacial score (nSPS) is 21.9. The number of thioether (sulfide) groups is 1. The summed E-state index contributed by atoms with van der Waals surface area (Å²) in [5.41, 5.74) is 2.35. The van der Waals surface area contributed by atoms with E-state index in [1.807, 2.05) is 11.3 Å². The number of aromatic nitrogens is 4. The molecule has 3 aromatic rings. The molecule has 5 rings (SSSR count). The van der Waals surface area contributed by atoms with Gasteiger partial charge in [0.15, 0.2) is 10.8 Å². The van der Waals surface area contributed by atoms with Crippen LogP contribution in [0.1, 0.15) is 82.0 Å². The smallest absolute Gasteiger partial charge is 0.233 e. The van der Waals surface area contributed by atoms with Crippen molar-refractivity contribution in [1.82, 2.24) is 24.5 Å². The Bertz CT molecular complexity index is 1120. The lowest BCUT2D eigenvalue weighted by molar-refractivity contribution is -0.134. The van der Waals surface area contributed by atoms with Crippen LogP contribution in [0.2, 0.25) is 0 Å². The molecular weight excluding hydrogens is 426 g/mol. The monoisotopic (exact) mass is 457 g/mol. The SMILES string of the molecule is CC(C)c1nc2sc3c(c2c2nnc(SCC(=O)N4[C@H](C)CCC[C@H]4C)n12)CCCC3. The highest BCUT2D eigenvalue weighted by molar-refractivity contribution is 7.99. The average molecular weight is 458 g/mol. The summed E-state index contributed by atoms with van der Waals surface area (Å²) in [6.45, 7) is 8.67. The Morgan fingerprint density at radius 1 is 1.13 bits per heavy atom. The van der Waals surface area contributed by atoms with Crippen LogP contribution in [-0.4, -0.2) is 48.2 Å². The fourth-order valence-corrected chi connectivity index (χ4v) is 7.32. The summed E-state index contributed by atoms with van der Waals surface area (Å²) >= 11 is 3.34. The lowest BCUT2D eigenvalue weighted by Crippen LogP contribution is -2.48. The molecule has 0 bridgehead atoms. The Hall–Kier alpha value is -1.67. The Balaban J connectivity index is 1.51. The molecule has 1 saturated heterocycles. The second kappa shape index (κ2) is 8.35. The van der Waals surface area contributed by atoms with Gasteiger partial charge in [0.2, 0.25) is 5.91 Å². The topological polar surface area (TPSA) is 63.4 Å². The number of thiophene rings is 1. The molecule has 3 aromatic heterocycles. The van der Waals surface area contributed by atoms with Gasteiger partial charge in [-0.2, -0.15) is 0 Å². The molecular formula is C23H31N5OS2. The van der Waals surface area contributed by atoms with Gasteiger partial charge in [0.25, 0.3) is 0 Å². The number of likely N-dealkylation sites (tertiary alicyclic amines) is 1. The highest BCUT2D eigenvalue weighted by Crippen LogP contribution is 2.39. The average Bonchev–Trinajstić information content (AvgIpc) is 3.32. The molecule has 166 valence electrons. The zero-order chi connectivity index (χ0) is 21.7. The molecule has 0 saturated carbocycles. The first-order valence-corrected chi connectivity index (χ1v) is 13.4. The first-order valence-electron chi connectivity index (χ1n) is 11.6. The van der Waals surface area contributed by atoms with E-state index in [0.717, 1.165) is 47.1 Å². The summed E-state index contributed by atoms with van der Waals surface area (Å²) in [7, 11) is 0. The summed E-state index contributed by atoms with van der Waals surface area (Å²) in [5, 5.41) is 11.1. The summed E-state index contributed by atoms with van der Waals surface area (Å²) in [5.74, 6) is 1.83. The predicted molar refractivity (Wildman–Crippen MR) is 127 cm³/mol. The van der Waals surface area contributed by atoms with Crippen LogP contribution in [0.3, 0.4) is 0 Å². The second-order valence-electron chi connectivity index (χ2n) is 9.38. The van der Waals surface area contributed by atoms with Crippen molar-refractivity contribution < 1.29 is 4.79 Å². The number of amides is 1. The molecule has 0 radical (unpaired) electrons. The molecule has 2 atom stereocenters.